The Balaban J connectivity index is 1.35. The van der Waals surface area contributed by atoms with Crippen LogP contribution in [0.15, 0.2) is 102 Å². The first kappa shape index (κ1) is 45.9. The van der Waals surface area contributed by atoms with E-state index in [4.69, 9.17) is 23.7 Å². The van der Waals surface area contributed by atoms with Crippen LogP contribution < -0.4 is 5.32 Å². The van der Waals surface area contributed by atoms with Crippen LogP contribution in [0.3, 0.4) is 0 Å². The summed E-state index contributed by atoms with van der Waals surface area (Å²) in [6.45, 7) is 6.27. The molecule has 3 aromatic carbocycles. The second-order valence-electron chi connectivity index (χ2n) is 17.3. The van der Waals surface area contributed by atoms with Gasteiger partial charge in [0, 0.05) is 29.7 Å². The number of thioether (sulfide) groups is 2. The van der Waals surface area contributed by atoms with E-state index in [1.165, 1.54) is 23.5 Å². The minimum Gasteiger partial charge on any atom is -0.456 e. The number of rotatable bonds is 14. The molecule has 1 heterocycles. The summed E-state index contributed by atoms with van der Waals surface area (Å²) >= 11 is 2.69. The van der Waals surface area contributed by atoms with E-state index in [1.807, 2.05) is 6.26 Å². The number of Topliss-reactive ketones (excluding diaryl/α,β-unsaturated/α-hetero) is 1. The van der Waals surface area contributed by atoms with Gasteiger partial charge < -0.3 is 44.3 Å². The van der Waals surface area contributed by atoms with Gasteiger partial charge in [0.2, 0.25) is 0 Å². The van der Waals surface area contributed by atoms with Crippen molar-refractivity contribution in [1.29, 1.82) is 0 Å². The van der Waals surface area contributed by atoms with Crippen molar-refractivity contribution in [3.8, 4) is 0 Å². The molecule has 1 amide bonds. The van der Waals surface area contributed by atoms with Crippen LogP contribution in [-0.4, -0.2) is 118 Å². The Kier molecular flexibility index (Phi) is 13.5. The highest BCUT2D eigenvalue weighted by Gasteiger charge is 2.76. The van der Waals surface area contributed by atoms with Crippen LogP contribution in [0.4, 0.5) is 0 Å². The van der Waals surface area contributed by atoms with Gasteiger partial charge in [-0.1, -0.05) is 80.6 Å². The maximum absolute atomic E-state index is 15.3. The van der Waals surface area contributed by atoms with Crippen molar-refractivity contribution >= 4 is 47.2 Å². The first-order chi connectivity index (χ1) is 29.5. The number of aliphatic hydroxyl groups excluding tert-OH is 1. The maximum Gasteiger partial charge on any atom is 0.338 e. The minimum absolute atomic E-state index is 0.0403. The summed E-state index contributed by atoms with van der Waals surface area (Å²) in [7, 11) is 0. The third-order valence-electron chi connectivity index (χ3n) is 13.6. The Bertz CT molecular complexity index is 2160. The van der Waals surface area contributed by atoms with E-state index >= 15 is 4.79 Å². The summed E-state index contributed by atoms with van der Waals surface area (Å²) in [5, 5.41) is 41.7. The Labute approximate surface area is 370 Å². The number of hydrogen-bond donors (Lipinski definition) is 4. The van der Waals surface area contributed by atoms with Gasteiger partial charge in [0.15, 0.2) is 11.9 Å². The SMILES string of the molecule is CSCOC(C(=O)OC1CC2(O)C(OC(=O)c3ccccc3)C3C4(O)COC4CC(OCSC)[C@@]3(C)C(=O)C(O)C(=C1C)C2(C)C)C(NC(=O)c1ccccc1)c1ccccc1. The first-order valence-electron chi connectivity index (χ1n) is 20.6. The molecule has 13 nitrogen and oxygen atoms in total. The molecule has 0 aromatic heterocycles. The smallest absolute Gasteiger partial charge is 0.338 e. The summed E-state index contributed by atoms with van der Waals surface area (Å²) in [6.07, 6.45) is -4.72. The standard InChI is InChI=1S/C47H55NO12S2/c1-27-31(59-43(53)37(58-26-62-6)35(28-16-10-7-11-17-28)48-41(51)29-18-12-8-13-19-29)23-47(55)40(60-42(52)30-20-14-9-15-21-30)38-45(4,39(50)36(49)34(27)44(47,2)3)32(57-25-61-5)22-33-46(38,54)24-56-33/h7-21,31-33,35-38,40,49,54-55H,22-26H2,1-6H3,(H,48,51)/t31?,32?,33?,35?,36?,37?,38?,40?,45-,46?,47?/m1/s1. The number of hydrogen-bond acceptors (Lipinski definition) is 14. The van der Waals surface area contributed by atoms with Gasteiger partial charge in [-0.05, 0) is 67.3 Å². The lowest BCUT2D eigenvalue weighted by Crippen LogP contribution is -2.81. The van der Waals surface area contributed by atoms with E-state index in [-0.39, 0.29) is 42.5 Å². The summed E-state index contributed by atoms with van der Waals surface area (Å²) in [6, 6.07) is 24.5. The van der Waals surface area contributed by atoms with E-state index in [2.05, 4.69) is 5.32 Å². The Morgan fingerprint density at radius 3 is 2.05 bits per heavy atom. The lowest BCUT2D eigenvalue weighted by Gasteiger charge is -2.67. The van der Waals surface area contributed by atoms with Gasteiger partial charge in [0.05, 0.1) is 47.7 Å². The maximum atomic E-state index is 15.3. The van der Waals surface area contributed by atoms with Gasteiger partial charge in [0.1, 0.15) is 29.5 Å². The highest BCUT2D eigenvalue weighted by Crippen LogP contribution is 2.63. The summed E-state index contributed by atoms with van der Waals surface area (Å²) in [5.74, 6) is -4.07. The van der Waals surface area contributed by atoms with Crippen molar-refractivity contribution in [1.82, 2.24) is 5.32 Å². The zero-order valence-corrected chi connectivity index (χ0v) is 37.3. The van der Waals surface area contributed by atoms with E-state index < -0.39 is 94.2 Å². The lowest BCUT2D eigenvalue weighted by molar-refractivity contribution is -0.345. The fraction of sp³-hybridized carbons (Fsp3) is 0.489. The van der Waals surface area contributed by atoms with Gasteiger partial charge in [-0.3, -0.25) is 9.59 Å². The van der Waals surface area contributed by atoms with Crippen molar-refractivity contribution in [3.05, 3.63) is 119 Å². The van der Waals surface area contributed by atoms with Crippen molar-refractivity contribution in [2.24, 2.45) is 16.7 Å². The lowest BCUT2D eigenvalue weighted by atomic mass is 9.44. The number of ketones is 1. The van der Waals surface area contributed by atoms with Crippen LogP contribution in [0.1, 0.15) is 72.9 Å². The van der Waals surface area contributed by atoms with Gasteiger partial charge in [0.25, 0.3) is 5.91 Å². The molecular formula is C47H55NO12S2. The molecule has 3 aromatic rings. The van der Waals surface area contributed by atoms with Crippen LogP contribution >= 0.6 is 23.5 Å². The molecule has 4 aliphatic rings. The van der Waals surface area contributed by atoms with Crippen LogP contribution in [0.25, 0.3) is 0 Å². The van der Waals surface area contributed by atoms with E-state index in [9.17, 15) is 29.7 Å². The van der Waals surface area contributed by atoms with E-state index in [0.29, 0.717) is 16.7 Å². The topological polar surface area (TPSA) is 187 Å². The number of carbonyl (C=O) groups excluding carboxylic acids is 4. The number of fused-ring (bicyclic) bond motifs is 5. The number of benzene rings is 3. The van der Waals surface area contributed by atoms with Gasteiger partial charge in [-0.15, -0.1) is 23.5 Å². The Morgan fingerprint density at radius 1 is 0.871 bits per heavy atom. The average Bonchev–Trinajstić information content (AvgIpc) is 3.26. The van der Waals surface area contributed by atoms with Crippen LogP contribution in [0.2, 0.25) is 0 Å². The molecule has 4 N–H and O–H groups in total. The molecular weight excluding hydrogens is 835 g/mol. The molecule has 10 unspecified atom stereocenters. The van der Waals surface area contributed by atoms with Gasteiger partial charge >= 0.3 is 11.9 Å². The second-order valence-corrected chi connectivity index (χ2v) is 18.9. The molecule has 1 saturated heterocycles. The highest BCUT2D eigenvalue weighted by molar-refractivity contribution is 7.98. The molecule has 11 atom stereocenters. The zero-order chi connectivity index (χ0) is 44.6. The summed E-state index contributed by atoms with van der Waals surface area (Å²) in [4.78, 5) is 58.0. The third-order valence-corrected chi connectivity index (χ3v) is 14.4. The third kappa shape index (κ3) is 7.93. The summed E-state index contributed by atoms with van der Waals surface area (Å²) in [5.41, 5.74) is -5.85. The summed E-state index contributed by atoms with van der Waals surface area (Å²) < 4.78 is 31.2. The molecule has 15 heteroatoms. The molecule has 332 valence electrons. The van der Waals surface area contributed by atoms with Crippen LogP contribution in [0, 0.1) is 16.7 Å². The van der Waals surface area contributed by atoms with Crippen molar-refractivity contribution in [3.63, 3.8) is 0 Å². The highest BCUT2D eigenvalue weighted by atomic mass is 32.2. The Hall–Kier alpha value is -4.06. The largest absolute Gasteiger partial charge is 0.456 e. The van der Waals surface area contributed by atoms with Gasteiger partial charge in [-0.25, -0.2) is 9.59 Å². The van der Waals surface area contributed by atoms with E-state index in [0.717, 1.165) is 0 Å². The predicted molar refractivity (Wildman–Crippen MR) is 233 cm³/mol. The number of nitrogens with one attached hydrogen (secondary N) is 1. The zero-order valence-electron chi connectivity index (χ0n) is 35.6. The van der Waals surface area contributed by atoms with Crippen molar-refractivity contribution in [2.45, 2.75) is 94.4 Å². The predicted octanol–water partition coefficient (Wildman–Crippen LogP) is 5.28. The fourth-order valence-corrected chi connectivity index (χ4v) is 10.8. The molecule has 3 aliphatic carbocycles. The molecule has 3 fully saturated rings. The molecule has 62 heavy (non-hydrogen) atoms. The first-order valence-corrected chi connectivity index (χ1v) is 23.4. The van der Waals surface area contributed by atoms with E-state index in [1.54, 1.807) is 125 Å². The molecule has 2 bridgehead atoms. The fourth-order valence-electron chi connectivity index (χ4n) is 10.2. The number of amides is 1. The average molecular weight is 890 g/mol. The second kappa shape index (κ2) is 18.2. The molecule has 0 spiro atoms. The molecule has 2 saturated carbocycles. The molecule has 7 rings (SSSR count). The number of esters is 2. The van der Waals surface area contributed by atoms with Crippen molar-refractivity contribution in [2.75, 3.05) is 31.0 Å². The molecule has 0 radical (unpaired) electrons. The van der Waals surface area contributed by atoms with Crippen molar-refractivity contribution < 1.29 is 58.2 Å². The van der Waals surface area contributed by atoms with Gasteiger partial charge in [-0.2, -0.15) is 0 Å². The normalized spacial score (nSPS) is 32.1. The monoisotopic (exact) mass is 889 g/mol. The Morgan fingerprint density at radius 2 is 1.47 bits per heavy atom. The molecule has 1 aliphatic heterocycles. The van der Waals surface area contributed by atoms with Crippen LogP contribution in [0.5, 0.6) is 0 Å². The number of carbonyl (C=O) groups is 4. The number of ether oxygens (including phenoxy) is 5. The quantitative estimate of drug-likeness (QED) is 0.0930. The number of aliphatic hydroxyl groups is 3. The minimum atomic E-state index is -2.22. The van der Waals surface area contributed by atoms with Crippen LogP contribution in [-0.2, 0) is 33.3 Å².